The van der Waals surface area contributed by atoms with Crippen molar-refractivity contribution in [3.05, 3.63) is 39.3 Å². The number of sulfonamides is 1. The first-order valence-corrected chi connectivity index (χ1v) is 8.27. The SMILES string of the molecule is Cc1cc(C(C)NS(=O)(=O)c2ccc(C=O)o2)c(C)s1. The van der Waals surface area contributed by atoms with Gasteiger partial charge < -0.3 is 4.42 Å². The van der Waals surface area contributed by atoms with Gasteiger partial charge in [-0.1, -0.05) is 0 Å². The van der Waals surface area contributed by atoms with Crippen molar-refractivity contribution in [3.8, 4) is 0 Å². The maximum atomic E-state index is 12.1. The van der Waals surface area contributed by atoms with Gasteiger partial charge in [0.05, 0.1) is 0 Å². The third-order valence-corrected chi connectivity index (χ3v) is 5.26. The Balaban J connectivity index is 2.23. The molecule has 0 amide bonds. The maximum Gasteiger partial charge on any atom is 0.274 e. The molecule has 1 atom stereocenters. The van der Waals surface area contributed by atoms with Gasteiger partial charge in [-0.15, -0.1) is 11.3 Å². The van der Waals surface area contributed by atoms with E-state index in [2.05, 4.69) is 4.72 Å². The molecule has 5 nitrogen and oxygen atoms in total. The minimum absolute atomic E-state index is 0.0133. The van der Waals surface area contributed by atoms with E-state index in [1.807, 2.05) is 19.9 Å². The summed E-state index contributed by atoms with van der Waals surface area (Å²) in [6.07, 6.45) is 0.467. The molecule has 0 aliphatic carbocycles. The van der Waals surface area contributed by atoms with E-state index >= 15 is 0 Å². The molecule has 2 aromatic rings. The molecule has 20 heavy (non-hydrogen) atoms. The van der Waals surface area contributed by atoms with Gasteiger partial charge in [-0.05, 0) is 44.5 Å². The Bertz CT molecular complexity index is 727. The Morgan fingerprint density at radius 3 is 2.55 bits per heavy atom. The van der Waals surface area contributed by atoms with Gasteiger partial charge in [-0.2, -0.15) is 0 Å². The summed E-state index contributed by atoms with van der Waals surface area (Å²) in [4.78, 5) is 12.7. The molecule has 0 spiro atoms. The van der Waals surface area contributed by atoms with Crippen LogP contribution in [-0.2, 0) is 10.0 Å². The number of furan rings is 1. The molecule has 0 saturated heterocycles. The zero-order chi connectivity index (χ0) is 14.9. The van der Waals surface area contributed by atoms with E-state index in [1.54, 1.807) is 18.3 Å². The van der Waals surface area contributed by atoms with Crippen molar-refractivity contribution < 1.29 is 17.6 Å². The summed E-state index contributed by atoms with van der Waals surface area (Å²) in [6.45, 7) is 5.70. The molecule has 0 fully saturated rings. The van der Waals surface area contributed by atoms with Crippen LogP contribution in [0.25, 0.3) is 0 Å². The summed E-state index contributed by atoms with van der Waals surface area (Å²) in [5.41, 5.74) is 0.943. The van der Waals surface area contributed by atoms with E-state index < -0.39 is 10.0 Å². The minimum atomic E-state index is -3.78. The number of hydrogen-bond donors (Lipinski definition) is 1. The van der Waals surface area contributed by atoms with Crippen molar-refractivity contribution in [3.63, 3.8) is 0 Å². The molecule has 0 aromatic carbocycles. The van der Waals surface area contributed by atoms with Crippen molar-refractivity contribution in [2.45, 2.75) is 31.9 Å². The van der Waals surface area contributed by atoms with Crippen molar-refractivity contribution in [1.29, 1.82) is 0 Å². The monoisotopic (exact) mass is 313 g/mol. The Kier molecular flexibility index (Phi) is 4.12. The second kappa shape index (κ2) is 5.51. The number of carbonyl (C=O) groups excluding carboxylic acids is 1. The largest absolute Gasteiger partial charge is 0.440 e. The smallest absolute Gasteiger partial charge is 0.274 e. The van der Waals surface area contributed by atoms with Gasteiger partial charge >= 0.3 is 0 Å². The fraction of sp³-hybridized carbons (Fsp3) is 0.308. The lowest BCUT2D eigenvalue weighted by molar-refractivity contribution is 0.109. The molecule has 0 aliphatic rings. The predicted molar refractivity (Wildman–Crippen MR) is 76.6 cm³/mol. The van der Waals surface area contributed by atoms with Crippen molar-refractivity contribution in [2.75, 3.05) is 0 Å². The summed E-state index contributed by atoms with van der Waals surface area (Å²) in [6, 6.07) is 4.19. The third kappa shape index (κ3) is 3.00. The van der Waals surface area contributed by atoms with Crippen LogP contribution in [0.3, 0.4) is 0 Å². The Labute approximate surface area is 121 Å². The molecular formula is C13H15NO4S2. The van der Waals surface area contributed by atoms with Crippen molar-refractivity contribution in [1.82, 2.24) is 4.72 Å². The summed E-state index contributed by atoms with van der Waals surface area (Å²) in [5.74, 6) is -0.0133. The number of nitrogens with one attached hydrogen (secondary N) is 1. The van der Waals surface area contributed by atoms with Crippen LogP contribution >= 0.6 is 11.3 Å². The molecular weight excluding hydrogens is 298 g/mol. The standard InChI is InChI=1S/C13H15NO4S2/c1-8-6-12(10(3)19-8)9(2)14-20(16,17)13-5-4-11(7-15)18-13/h4-7,9,14H,1-3H3. The van der Waals surface area contributed by atoms with Gasteiger partial charge in [-0.3, -0.25) is 4.79 Å². The fourth-order valence-electron chi connectivity index (χ4n) is 1.98. The van der Waals surface area contributed by atoms with Gasteiger partial charge in [0.2, 0.25) is 5.09 Å². The number of thiophene rings is 1. The number of hydrogen-bond acceptors (Lipinski definition) is 5. The molecule has 2 heterocycles. The van der Waals surface area contributed by atoms with Crippen molar-refractivity contribution in [2.24, 2.45) is 0 Å². The Hall–Kier alpha value is -1.44. The fourth-order valence-corrected chi connectivity index (χ4v) is 4.16. The first-order chi connectivity index (χ1) is 9.33. The van der Waals surface area contributed by atoms with Gasteiger partial charge in [0, 0.05) is 15.8 Å². The van der Waals surface area contributed by atoms with E-state index in [1.165, 1.54) is 12.1 Å². The molecule has 0 saturated carbocycles. The molecule has 1 N–H and O–H groups in total. The zero-order valence-electron chi connectivity index (χ0n) is 11.3. The van der Waals surface area contributed by atoms with E-state index in [4.69, 9.17) is 4.42 Å². The van der Waals surface area contributed by atoms with E-state index in [9.17, 15) is 13.2 Å². The van der Waals surface area contributed by atoms with Crippen LogP contribution in [-0.4, -0.2) is 14.7 Å². The molecule has 1 unspecified atom stereocenters. The van der Waals surface area contributed by atoms with Crippen molar-refractivity contribution >= 4 is 27.6 Å². The molecule has 108 valence electrons. The van der Waals surface area contributed by atoms with Gasteiger partial charge in [0.25, 0.3) is 10.0 Å². The van der Waals surface area contributed by atoms with Gasteiger partial charge in [0.15, 0.2) is 12.0 Å². The second-order valence-corrected chi connectivity index (χ2v) is 7.59. The molecule has 0 radical (unpaired) electrons. The number of aryl methyl sites for hydroxylation is 2. The molecule has 7 heteroatoms. The minimum Gasteiger partial charge on any atom is -0.440 e. The number of aldehydes is 1. The van der Waals surface area contributed by atoms with Gasteiger partial charge in [0.1, 0.15) is 0 Å². The topological polar surface area (TPSA) is 76.4 Å². The molecule has 0 aliphatic heterocycles. The first-order valence-electron chi connectivity index (χ1n) is 5.98. The van der Waals surface area contributed by atoms with Crippen LogP contribution in [0.4, 0.5) is 0 Å². The molecule has 2 aromatic heterocycles. The van der Waals surface area contributed by atoms with Crippen LogP contribution in [0.15, 0.2) is 27.7 Å². The first kappa shape index (κ1) is 15.0. The van der Waals surface area contributed by atoms with Crippen LogP contribution in [0, 0.1) is 13.8 Å². The lowest BCUT2D eigenvalue weighted by Gasteiger charge is -2.12. The normalized spacial score (nSPS) is 13.3. The predicted octanol–water partition coefficient (Wildman–Crippen LogP) is 2.81. The summed E-state index contributed by atoms with van der Waals surface area (Å²) in [7, 11) is -3.78. The van der Waals surface area contributed by atoms with E-state index in [0.29, 0.717) is 6.29 Å². The maximum absolute atomic E-state index is 12.1. The van der Waals surface area contributed by atoms with E-state index in [-0.39, 0.29) is 16.9 Å². The highest BCUT2D eigenvalue weighted by Crippen LogP contribution is 2.27. The number of carbonyl (C=O) groups is 1. The highest BCUT2D eigenvalue weighted by atomic mass is 32.2. The van der Waals surface area contributed by atoms with E-state index in [0.717, 1.165) is 15.3 Å². The average Bonchev–Trinajstić information content (AvgIpc) is 2.95. The Morgan fingerprint density at radius 1 is 1.35 bits per heavy atom. The van der Waals surface area contributed by atoms with Gasteiger partial charge in [-0.25, -0.2) is 13.1 Å². The van der Waals surface area contributed by atoms with Crippen LogP contribution < -0.4 is 4.72 Å². The number of rotatable bonds is 5. The van der Waals surface area contributed by atoms with Crippen LogP contribution in [0.5, 0.6) is 0 Å². The summed E-state index contributed by atoms with van der Waals surface area (Å²) in [5, 5.41) is -0.254. The quantitative estimate of drug-likeness (QED) is 0.861. The summed E-state index contributed by atoms with van der Waals surface area (Å²) < 4.78 is 31.8. The average molecular weight is 313 g/mol. The summed E-state index contributed by atoms with van der Waals surface area (Å²) >= 11 is 1.62. The third-order valence-electron chi connectivity index (χ3n) is 2.86. The lowest BCUT2D eigenvalue weighted by Crippen LogP contribution is -2.26. The second-order valence-electron chi connectivity index (χ2n) is 4.49. The highest BCUT2D eigenvalue weighted by Gasteiger charge is 2.23. The molecule has 0 bridgehead atoms. The lowest BCUT2D eigenvalue weighted by atomic mass is 10.1. The zero-order valence-corrected chi connectivity index (χ0v) is 13.0. The van der Waals surface area contributed by atoms with Crippen LogP contribution in [0.1, 0.15) is 38.8 Å². The Morgan fingerprint density at radius 2 is 2.05 bits per heavy atom. The highest BCUT2D eigenvalue weighted by molar-refractivity contribution is 7.89. The van der Waals surface area contributed by atoms with Crippen LogP contribution in [0.2, 0.25) is 0 Å². The molecule has 2 rings (SSSR count).